The fourth-order valence-corrected chi connectivity index (χ4v) is 2.77. The molecule has 0 spiro atoms. The Labute approximate surface area is 93.2 Å². The van der Waals surface area contributed by atoms with E-state index in [9.17, 15) is 0 Å². The Morgan fingerprint density at radius 2 is 2.33 bits per heavy atom. The predicted octanol–water partition coefficient (Wildman–Crippen LogP) is 1.10. The Morgan fingerprint density at radius 3 is 3.07 bits per heavy atom. The van der Waals surface area contributed by atoms with Crippen molar-refractivity contribution in [1.29, 1.82) is 0 Å². The summed E-state index contributed by atoms with van der Waals surface area (Å²) in [6.45, 7) is 9.05. The Hall–Kier alpha value is -0.120. The third-order valence-electron chi connectivity index (χ3n) is 3.54. The molecule has 2 atom stereocenters. The lowest BCUT2D eigenvalue weighted by Gasteiger charge is -2.34. The zero-order valence-electron chi connectivity index (χ0n) is 9.87. The van der Waals surface area contributed by atoms with Gasteiger partial charge in [-0.2, -0.15) is 0 Å². The number of ether oxygens (including phenoxy) is 1. The average molecular weight is 212 g/mol. The first-order valence-electron chi connectivity index (χ1n) is 6.42. The van der Waals surface area contributed by atoms with Crippen LogP contribution in [0.15, 0.2) is 0 Å². The second kappa shape index (κ2) is 5.83. The normalized spacial score (nSPS) is 33.4. The van der Waals surface area contributed by atoms with Crippen molar-refractivity contribution >= 4 is 0 Å². The van der Waals surface area contributed by atoms with E-state index in [1.54, 1.807) is 0 Å². The molecule has 2 heterocycles. The zero-order valence-corrected chi connectivity index (χ0v) is 9.87. The van der Waals surface area contributed by atoms with Crippen molar-refractivity contribution in [3.05, 3.63) is 0 Å². The maximum atomic E-state index is 5.43. The summed E-state index contributed by atoms with van der Waals surface area (Å²) in [6, 6.07) is 0.728. The first-order valence-corrected chi connectivity index (χ1v) is 6.42. The first-order chi connectivity index (χ1) is 7.38. The van der Waals surface area contributed by atoms with Gasteiger partial charge in [0.2, 0.25) is 0 Å². The zero-order chi connectivity index (χ0) is 10.5. The Morgan fingerprint density at radius 1 is 1.40 bits per heavy atom. The summed E-state index contributed by atoms with van der Waals surface area (Å²) in [4.78, 5) is 2.62. The summed E-state index contributed by atoms with van der Waals surface area (Å²) < 4.78 is 5.43. The third-order valence-corrected chi connectivity index (χ3v) is 3.54. The van der Waals surface area contributed by atoms with Crippen molar-refractivity contribution in [1.82, 2.24) is 10.2 Å². The van der Waals surface area contributed by atoms with Crippen LogP contribution in [0.5, 0.6) is 0 Å². The van der Waals surface area contributed by atoms with Crippen molar-refractivity contribution in [2.24, 2.45) is 5.92 Å². The number of likely N-dealkylation sites (N-methyl/N-ethyl adjacent to an activating group) is 1. The van der Waals surface area contributed by atoms with E-state index in [1.807, 2.05) is 0 Å². The number of nitrogens with zero attached hydrogens (tertiary/aromatic N) is 1. The summed E-state index contributed by atoms with van der Waals surface area (Å²) >= 11 is 0. The molecule has 0 aliphatic carbocycles. The van der Waals surface area contributed by atoms with E-state index in [2.05, 4.69) is 17.1 Å². The second-order valence-electron chi connectivity index (χ2n) is 4.89. The van der Waals surface area contributed by atoms with Crippen LogP contribution in [-0.2, 0) is 4.74 Å². The highest BCUT2D eigenvalue weighted by molar-refractivity contribution is 4.80. The summed E-state index contributed by atoms with van der Waals surface area (Å²) in [6.07, 6.45) is 3.97. The van der Waals surface area contributed by atoms with E-state index < -0.39 is 0 Å². The Kier molecular flexibility index (Phi) is 4.42. The average Bonchev–Trinajstić information content (AvgIpc) is 2.71. The molecule has 3 heteroatoms. The molecule has 88 valence electrons. The minimum Gasteiger partial charge on any atom is -0.381 e. The fourth-order valence-electron chi connectivity index (χ4n) is 2.77. The van der Waals surface area contributed by atoms with E-state index in [0.29, 0.717) is 0 Å². The highest BCUT2D eigenvalue weighted by atomic mass is 16.5. The maximum absolute atomic E-state index is 5.43. The van der Waals surface area contributed by atoms with Gasteiger partial charge in [-0.05, 0) is 38.3 Å². The van der Waals surface area contributed by atoms with Crippen molar-refractivity contribution in [2.45, 2.75) is 32.2 Å². The van der Waals surface area contributed by atoms with Crippen LogP contribution in [0.2, 0.25) is 0 Å². The monoisotopic (exact) mass is 212 g/mol. The molecule has 0 aromatic carbocycles. The van der Waals surface area contributed by atoms with Gasteiger partial charge in [-0.3, -0.25) is 0 Å². The van der Waals surface area contributed by atoms with Crippen LogP contribution in [0.25, 0.3) is 0 Å². The van der Waals surface area contributed by atoms with Gasteiger partial charge in [0.25, 0.3) is 0 Å². The highest BCUT2D eigenvalue weighted by Gasteiger charge is 2.23. The van der Waals surface area contributed by atoms with E-state index in [0.717, 1.165) is 31.7 Å². The molecule has 0 amide bonds. The van der Waals surface area contributed by atoms with Crippen LogP contribution < -0.4 is 5.32 Å². The second-order valence-corrected chi connectivity index (χ2v) is 4.89. The van der Waals surface area contributed by atoms with Crippen LogP contribution in [0, 0.1) is 5.92 Å². The lowest BCUT2D eigenvalue weighted by atomic mass is 10.0. The van der Waals surface area contributed by atoms with Gasteiger partial charge in [-0.1, -0.05) is 6.92 Å². The number of rotatable bonds is 4. The molecule has 2 aliphatic heterocycles. The molecule has 0 radical (unpaired) electrons. The molecular formula is C12H24N2O. The fraction of sp³-hybridized carbons (Fsp3) is 1.00. The lowest BCUT2D eigenvalue weighted by molar-refractivity contribution is 0.144. The van der Waals surface area contributed by atoms with E-state index in [-0.39, 0.29) is 0 Å². The Balaban J connectivity index is 1.71. The van der Waals surface area contributed by atoms with Gasteiger partial charge in [0, 0.05) is 25.7 Å². The first kappa shape index (κ1) is 11.4. The SMILES string of the molecule is CCNC1CCCN(CC2CCOC2)C1. The van der Waals surface area contributed by atoms with Gasteiger partial charge < -0.3 is 15.0 Å². The molecule has 0 aromatic heterocycles. The van der Waals surface area contributed by atoms with Gasteiger partial charge in [0.15, 0.2) is 0 Å². The predicted molar refractivity (Wildman–Crippen MR) is 62.1 cm³/mol. The van der Waals surface area contributed by atoms with E-state index >= 15 is 0 Å². The number of likely N-dealkylation sites (tertiary alicyclic amines) is 1. The van der Waals surface area contributed by atoms with Gasteiger partial charge in [0.05, 0.1) is 6.61 Å². The van der Waals surface area contributed by atoms with E-state index in [1.165, 1.54) is 38.9 Å². The number of nitrogens with one attached hydrogen (secondary N) is 1. The molecule has 2 fully saturated rings. The molecular weight excluding hydrogens is 188 g/mol. The van der Waals surface area contributed by atoms with Crippen LogP contribution >= 0.6 is 0 Å². The molecule has 0 bridgehead atoms. The molecule has 2 unspecified atom stereocenters. The van der Waals surface area contributed by atoms with Crippen LogP contribution in [0.1, 0.15) is 26.2 Å². The van der Waals surface area contributed by atoms with Crippen LogP contribution in [-0.4, -0.2) is 50.3 Å². The van der Waals surface area contributed by atoms with Gasteiger partial charge >= 0.3 is 0 Å². The maximum Gasteiger partial charge on any atom is 0.0507 e. The molecule has 2 saturated heterocycles. The molecule has 2 aliphatic rings. The quantitative estimate of drug-likeness (QED) is 0.755. The molecule has 0 saturated carbocycles. The minimum absolute atomic E-state index is 0.728. The Bertz CT molecular complexity index is 178. The largest absolute Gasteiger partial charge is 0.381 e. The van der Waals surface area contributed by atoms with E-state index in [4.69, 9.17) is 4.74 Å². The van der Waals surface area contributed by atoms with Crippen molar-refractivity contribution in [2.75, 3.05) is 39.4 Å². The minimum atomic E-state index is 0.728. The summed E-state index contributed by atoms with van der Waals surface area (Å²) in [7, 11) is 0. The summed E-state index contributed by atoms with van der Waals surface area (Å²) in [5, 5.41) is 3.57. The standard InChI is InChI=1S/C12H24N2O/c1-2-13-12-4-3-6-14(9-12)8-11-5-7-15-10-11/h11-13H,2-10H2,1H3. The topological polar surface area (TPSA) is 24.5 Å². The van der Waals surface area contributed by atoms with Gasteiger partial charge in [0.1, 0.15) is 0 Å². The summed E-state index contributed by atoms with van der Waals surface area (Å²) in [5.74, 6) is 0.797. The molecule has 0 aromatic rings. The van der Waals surface area contributed by atoms with Gasteiger partial charge in [-0.25, -0.2) is 0 Å². The molecule has 2 rings (SSSR count). The molecule has 1 N–H and O–H groups in total. The van der Waals surface area contributed by atoms with Crippen LogP contribution in [0.4, 0.5) is 0 Å². The number of hydrogen-bond acceptors (Lipinski definition) is 3. The molecule has 15 heavy (non-hydrogen) atoms. The van der Waals surface area contributed by atoms with Crippen LogP contribution in [0.3, 0.4) is 0 Å². The number of hydrogen-bond donors (Lipinski definition) is 1. The third kappa shape index (κ3) is 3.44. The van der Waals surface area contributed by atoms with Crippen molar-refractivity contribution < 1.29 is 4.74 Å². The van der Waals surface area contributed by atoms with Gasteiger partial charge in [-0.15, -0.1) is 0 Å². The van der Waals surface area contributed by atoms with Crippen molar-refractivity contribution in [3.63, 3.8) is 0 Å². The van der Waals surface area contributed by atoms with Crippen molar-refractivity contribution in [3.8, 4) is 0 Å². The summed E-state index contributed by atoms with van der Waals surface area (Å²) in [5.41, 5.74) is 0. The molecule has 3 nitrogen and oxygen atoms in total. The number of piperidine rings is 1. The lowest BCUT2D eigenvalue weighted by Crippen LogP contribution is -2.47. The highest BCUT2D eigenvalue weighted by Crippen LogP contribution is 2.17. The smallest absolute Gasteiger partial charge is 0.0507 e.